The molecular weight excluding hydrogens is 288 g/mol. The first-order chi connectivity index (χ1) is 11.1. The van der Waals surface area contributed by atoms with Crippen LogP contribution in [0.2, 0.25) is 0 Å². The first-order valence-electron chi connectivity index (χ1n) is 7.50. The van der Waals surface area contributed by atoms with E-state index in [9.17, 15) is 4.79 Å². The molecule has 0 aliphatic carbocycles. The Balaban J connectivity index is 1.79. The average Bonchev–Trinajstić information content (AvgIpc) is 2.60. The largest absolute Gasteiger partial charge is 0.461 e. The van der Waals surface area contributed by atoms with Crippen LogP contribution in [0.4, 0.5) is 0 Å². The van der Waals surface area contributed by atoms with Crippen molar-refractivity contribution in [3.8, 4) is 0 Å². The molecule has 23 heavy (non-hydrogen) atoms. The molecule has 0 aliphatic heterocycles. The minimum Gasteiger partial charge on any atom is -0.461 e. The molecule has 0 unspecified atom stereocenters. The van der Waals surface area contributed by atoms with E-state index in [1.54, 1.807) is 18.5 Å². The summed E-state index contributed by atoms with van der Waals surface area (Å²) in [5.41, 5.74) is 1.87. The van der Waals surface area contributed by atoms with Gasteiger partial charge in [0.05, 0.1) is 11.1 Å². The van der Waals surface area contributed by atoms with Crippen LogP contribution in [0.5, 0.6) is 0 Å². The molecule has 0 radical (unpaired) electrons. The second kappa shape index (κ2) is 6.16. The number of ether oxygens (including phenoxy) is 1. The lowest BCUT2D eigenvalue weighted by molar-refractivity contribution is 0.0426. The Morgan fingerprint density at radius 3 is 2.61 bits per heavy atom. The molecule has 0 amide bonds. The zero-order valence-corrected chi connectivity index (χ0v) is 13.2. The smallest absolute Gasteiger partial charge is 0.338 e. The summed E-state index contributed by atoms with van der Waals surface area (Å²) in [4.78, 5) is 21.1. The van der Waals surface area contributed by atoms with Crippen molar-refractivity contribution in [2.75, 3.05) is 6.61 Å². The quantitative estimate of drug-likeness (QED) is 0.689. The van der Waals surface area contributed by atoms with E-state index in [0.29, 0.717) is 5.56 Å². The highest BCUT2D eigenvalue weighted by atomic mass is 16.5. The molecule has 4 heteroatoms. The van der Waals surface area contributed by atoms with E-state index in [0.717, 1.165) is 16.6 Å². The number of carbonyl (C=O) groups is 1. The molecule has 4 nitrogen and oxygen atoms in total. The van der Waals surface area contributed by atoms with E-state index in [4.69, 9.17) is 4.74 Å². The van der Waals surface area contributed by atoms with Crippen molar-refractivity contribution in [3.05, 3.63) is 72.2 Å². The predicted molar refractivity (Wildman–Crippen MR) is 89.3 cm³/mol. The summed E-state index contributed by atoms with van der Waals surface area (Å²) in [5.74, 6) is -0.340. The van der Waals surface area contributed by atoms with Gasteiger partial charge in [-0.25, -0.2) is 4.79 Å². The zero-order valence-electron chi connectivity index (χ0n) is 13.2. The van der Waals surface area contributed by atoms with Gasteiger partial charge in [0.2, 0.25) is 0 Å². The van der Waals surface area contributed by atoms with Crippen LogP contribution in [0.25, 0.3) is 10.9 Å². The van der Waals surface area contributed by atoms with E-state index in [1.807, 2.05) is 56.3 Å². The number of pyridine rings is 2. The number of nitrogens with zero attached hydrogens (tertiary/aromatic N) is 2. The molecular formula is C19H18N2O2. The van der Waals surface area contributed by atoms with Gasteiger partial charge in [-0.1, -0.05) is 32.0 Å². The molecule has 116 valence electrons. The van der Waals surface area contributed by atoms with Crippen LogP contribution in [0.15, 0.2) is 60.9 Å². The number of aromatic nitrogens is 2. The van der Waals surface area contributed by atoms with Crippen molar-refractivity contribution >= 4 is 16.9 Å². The first kappa shape index (κ1) is 15.2. The van der Waals surface area contributed by atoms with Gasteiger partial charge in [-0.15, -0.1) is 0 Å². The summed E-state index contributed by atoms with van der Waals surface area (Å²) in [6, 6.07) is 14.9. The monoisotopic (exact) mass is 306 g/mol. The van der Waals surface area contributed by atoms with Gasteiger partial charge in [0.15, 0.2) is 0 Å². The number of carbonyl (C=O) groups excluding carboxylic acids is 1. The molecule has 0 N–H and O–H groups in total. The molecule has 0 bridgehead atoms. The summed E-state index contributed by atoms with van der Waals surface area (Å²) in [6.45, 7) is 4.28. The van der Waals surface area contributed by atoms with Crippen LogP contribution in [-0.2, 0) is 10.2 Å². The van der Waals surface area contributed by atoms with Crippen molar-refractivity contribution in [3.63, 3.8) is 0 Å². The van der Waals surface area contributed by atoms with E-state index < -0.39 is 0 Å². The summed E-state index contributed by atoms with van der Waals surface area (Å²) >= 11 is 0. The highest BCUT2D eigenvalue weighted by Crippen LogP contribution is 2.23. The third kappa shape index (κ3) is 3.21. The maximum absolute atomic E-state index is 12.5. The van der Waals surface area contributed by atoms with Gasteiger partial charge in [-0.2, -0.15) is 0 Å². The Labute approximate surface area is 135 Å². The number of rotatable bonds is 4. The Morgan fingerprint density at radius 2 is 1.83 bits per heavy atom. The van der Waals surface area contributed by atoms with Crippen molar-refractivity contribution in [1.29, 1.82) is 0 Å². The molecule has 0 spiro atoms. The lowest BCUT2D eigenvalue weighted by atomic mass is 9.90. The van der Waals surface area contributed by atoms with Crippen LogP contribution in [0, 0.1) is 0 Å². The predicted octanol–water partition coefficient (Wildman–Crippen LogP) is 3.76. The fraction of sp³-hybridized carbons (Fsp3) is 0.211. The molecule has 3 rings (SSSR count). The van der Waals surface area contributed by atoms with Gasteiger partial charge in [0, 0.05) is 28.9 Å². The number of benzene rings is 1. The second-order valence-corrected chi connectivity index (χ2v) is 6.05. The number of hydrogen-bond acceptors (Lipinski definition) is 4. The molecule has 0 saturated heterocycles. The minimum absolute atomic E-state index is 0.263. The number of fused-ring (bicyclic) bond motifs is 1. The van der Waals surface area contributed by atoms with Crippen LogP contribution in [-0.4, -0.2) is 22.5 Å². The van der Waals surface area contributed by atoms with Gasteiger partial charge in [-0.05, 0) is 30.3 Å². The van der Waals surface area contributed by atoms with Crippen molar-refractivity contribution in [1.82, 2.24) is 9.97 Å². The molecule has 2 heterocycles. The summed E-state index contributed by atoms with van der Waals surface area (Å²) in [7, 11) is 0. The van der Waals surface area contributed by atoms with E-state index >= 15 is 0 Å². The third-order valence-corrected chi connectivity index (χ3v) is 3.79. The van der Waals surface area contributed by atoms with E-state index in [-0.39, 0.29) is 18.0 Å². The third-order valence-electron chi connectivity index (χ3n) is 3.79. The summed E-state index contributed by atoms with van der Waals surface area (Å²) < 4.78 is 5.55. The van der Waals surface area contributed by atoms with E-state index in [1.165, 1.54) is 0 Å². The second-order valence-electron chi connectivity index (χ2n) is 6.05. The van der Waals surface area contributed by atoms with Crippen LogP contribution < -0.4 is 0 Å². The highest BCUT2D eigenvalue weighted by molar-refractivity contribution is 6.03. The molecule has 0 aliphatic rings. The SMILES string of the molecule is CC(C)(COC(=O)c1cccc2ncccc12)c1ccccn1. The Hall–Kier alpha value is -2.75. The Morgan fingerprint density at radius 1 is 1.00 bits per heavy atom. The normalized spacial score (nSPS) is 11.4. The van der Waals surface area contributed by atoms with Gasteiger partial charge in [-0.3, -0.25) is 9.97 Å². The fourth-order valence-corrected chi connectivity index (χ4v) is 2.44. The van der Waals surface area contributed by atoms with Crippen molar-refractivity contribution in [2.24, 2.45) is 0 Å². The van der Waals surface area contributed by atoms with Crippen molar-refractivity contribution < 1.29 is 9.53 Å². The lowest BCUT2D eigenvalue weighted by Gasteiger charge is -2.23. The lowest BCUT2D eigenvalue weighted by Crippen LogP contribution is -2.27. The standard InChI is InChI=1S/C19H18N2O2/c1-19(2,17-10-3-4-11-21-17)13-23-18(22)15-7-5-9-16-14(15)8-6-12-20-16/h3-12H,13H2,1-2H3. The van der Waals surface area contributed by atoms with Gasteiger partial charge >= 0.3 is 5.97 Å². The topological polar surface area (TPSA) is 52.1 Å². The van der Waals surface area contributed by atoms with Crippen LogP contribution in [0.1, 0.15) is 29.9 Å². The molecule has 0 saturated carbocycles. The van der Waals surface area contributed by atoms with E-state index in [2.05, 4.69) is 9.97 Å². The maximum Gasteiger partial charge on any atom is 0.338 e. The number of esters is 1. The highest BCUT2D eigenvalue weighted by Gasteiger charge is 2.25. The molecule has 0 fully saturated rings. The zero-order chi connectivity index (χ0) is 16.3. The maximum atomic E-state index is 12.5. The van der Waals surface area contributed by atoms with Crippen LogP contribution >= 0.6 is 0 Å². The summed E-state index contributed by atoms with van der Waals surface area (Å²) in [6.07, 6.45) is 3.46. The Kier molecular flexibility index (Phi) is 4.06. The van der Waals surface area contributed by atoms with Gasteiger partial charge in [0.1, 0.15) is 6.61 Å². The van der Waals surface area contributed by atoms with Crippen LogP contribution in [0.3, 0.4) is 0 Å². The summed E-state index contributed by atoms with van der Waals surface area (Å²) in [5, 5.41) is 0.802. The molecule has 0 atom stereocenters. The molecule has 2 aromatic heterocycles. The van der Waals surface area contributed by atoms with Crippen molar-refractivity contribution in [2.45, 2.75) is 19.3 Å². The molecule has 3 aromatic rings. The van der Waals surface area contributed by atoms with Gasteiger partial charge < -0.3 is 4.74 Å². The first-order valence-corrected chi connectivity index (χ1v) is 7.50. The minimum atomic E-state index is -0.347. The average molecular weight is 306 g/mol. The fourth-order valence-electron chi connectivity index (χ4n) is 2.44. The molecule has 1 aromatic carbocycles. The number of hydrogen-bond donors (Lipinski definition) is 0. The Bertz CT molecular complexity index is 824. The van der Waals surface area contributed by atoms with Gasteiger partial charge in [0.25, 0.3) is 0 Å².